The molecule has 0 fully saturated rings. The molecule has 0 atom stereocenters. The Morgan fingerprint density at radius 3 is 2.37 bits per heavy atom. The maximum Gasteiger partial charge on any atom is 0.271 e. The zero-order valence-corrected chi connectivity index (χ0v) is 10.8. The van der Waals surface area contributed by atoms with E-state index in [1.807, 2.05) is 0 Å². The standard InChI is InChI=1S/C14H12ClN3O/c15-12-5-1-10(2-6-12)9-17-18-14(19)11-3-7-13(16)8-4-11/h1-9H,16H2,(H,18,19)/b17-9+. The molecule has 0 aliphatic carbocycles. The number of benzene rings is 2. The van der Waals surface area contributed by atoms with E-state index >= 15 is 0 Å². The second kappa shape index (κ2) is 6.02. The predicted molar refractivity (Wildman–Crippen MR) is 77.4 cm³/mol. The molecule has 4 nitrogen and oxygen atoms in total. The number of nitrogens with zero attached hydrogens (tertiary/aromatic N) is 1. The molecule has 0 spiro atoms. The van der Waals surface area contributed by atoms with Crippen molar-refractivity contribution in [3.05, 3.63) is 64.7 Å². The monoisotopic (exact) mass is 273 g/mol. The molecule has 2 aromatic rings. The molecule has 0 saturated carbocycles. The highest BCUT2D eigenvalue weighted by Crippen LogP contribution is 2.08. The van der Waals surface area contributed by atoms with Gasteiger partial charge in [0.25, 0.3) is 5.91 Å². The van der Waals surface area contributed by atoms with Crippen molar-refractivity contribution in [2.24, 2.45) is 5.10 Å². The van der Waals surface area contributed by atoms with Gasteiger partial charge in [0.2, 0.25) is 0 Å². The maximum atomic E-state index is 11.7. The summed E-state index contributed by atoms with van der Waals surface area (Å²) < 4.78 is 0. The third-order valence-electron chi connectivity index (χ3n) is 2.42. The number of halogens is 1. The molecule has 0 aromatic heterocycles. The fourth-order valence-electron chi connectivity index (χ4n) is 1.41. The molecule has 2 rings (SSSR count). The van der Waals surface area contributed by atoms with Gasteiger partial charge in [0.1, 0.15) is 0 Å². The molecule has 0 bridgehead atoms. The minimum absolute atomic E-state index is 0.287. The van der Waals surface area contributed by atoms with E-state index in [9.17, 15) is 4.79 Å². The van der Waals surface area contributed by atoms with Crippen molar-refractivity contribution < 1.29 is 4.79 Å². The number of nitrogens with two attached hydrogens (primary N) is 1. The smallest absolute Gasteiger partial charge is 0.271 e. The zero-order valence-electron chi connectivity index (χ0n) is 10.0. The molecule has 1 amide bonds. The zero-order chi connectivity index (χ0) is 13.7. The summed E-state index contributed by atoms with van der Waals surface area (Å²) in [5.74, 6) is -0.287. The number of carbonyl (C=O) groups is 1. The first-order chi connectivity index (χ1) is 9.15. The minimum Gasteiger partial charge on any atom is -0.399 e. The fraction of sp³-hybridized carbons (Fsp3) is 0. The van der Waals surface area contributed by atoms with Gasteiger partial charge in [0.05, 0.1) is 6.21 Å². The largest absolute Gasteiger partial charge is 0.399 e. The number of anilines is 1. The molecule has 3 N–H and O–H groups in total. The topological polar surface area (TPSA) is 67.5 Å². The van der Waals surface area contributed by atoms with E-state index in [2.05, 4.69) is 10.5 Å². The van der Waals surface area contributed by atoms with Gasteiger partial charge < -0.3 is 5.73 Å². The van der Waals surface area contributed by atoms with E-state index in [0.717, 1.165) is 5.56 Å². The number of amides is 1. The molecular weight excluding hydrogens is 262 g/mol. The fourth-order valence-corrected chi connectivity index (χ4v) is 1.54. The van der Waals surface area contributed by atoms with Crippen molar-refractivity contribution in [2.45, 2.75) is 0 Å². The minimum atomic E-state index is -0.287. The molecule has 5 heteroatoms. The van der Waals surface area contributed by atoms with Crippen molar-refractivity contribution in [3.8, 4) is 0 Å². The number of nitrogen functional groups attached to an aromatic ring is 1. The van der Waals surface area contributed by atoms with Crippen LogP contribution in [0.1, 0.15) is 15.9 Å². The van der Waals surface area contributed by atoms with E-state index in [4.69, 9.17) is 17.3 Å². The van der Waals surface area contributed by atoms with Crippen LogP contribution in [-0.4, -0.2) is 12.1 Å². The molecule has 0 heterocycles. The van der Waals surface area contributed by atoms with Gasteiger partial charge in [-0.2, -0.15) is 5.10 Å². The molecule has 0 radical (unpaired) electrons. The lowest BCUT2D eigenvalue weighted by Crippen LogP contribution is -2.17. The molecule has 0 aliphatic heterocycles. The maximum absolute atomic E-state index is 11.7. The number of hydrazone groups is 1. The SMILES string of the molecule is Nc1ccc(C(=O)N/N=C/c2ccc(Cl)cc2)cc1. The van der Waals surface area contributed by atoms with Crippen LogP contribution in [0.3, 0.4) is 0 Å². The van der Waals surface area contributed by atoms with E-state index in [1.54, 1.807) is 54.7 Å². The van der Waals surface area contributed by atoms with Crippen LogP contribution in [0, 0.1) is 0 Å². The number of hydrogen-bond donors (Lipinski definition) is 2. The summed E-state index contributed by atoms with van der Waals surface area (Å²) in [6, 6.07) is 13.7. The highest BCUT2D eigenvalue weighted by Gasteiger charge is 2.02. The second-order valence-corrected chi connectivity index (χ2v) is 4.31. The first kappa shape index (κ1) is 13.1. The highest BCUT2D eigenvalue weighted by molar-refractivity contribution is 6.30. The number of rotatable bonds is 3. The molecule has 0 aliphatic rings. The van der Waals surface area contributed by atoms with Gasteiger partial charge in [0.15, 0.2) is 0 Å². The third-order valence-corrected chi connectivity index (χ3v) is 2.67. The average molecular weight is 274 g/mol. The summed E-state index contributed by atoms with van der Waals surface area (Å²) in [6.45, 7) is 0. The molecule has 2 aromatic carbocycles. The summed E-state index contributed by atoms with van der Waals surface area (Å²) in [5.41, 5.74) is 9.94. The Kier molecular flexibility index (Phi) is 4.15. The Morgan fingerprint density at radius 2 is 1.74 bits per heavy atom. The summed E-state index contributed by atoms with van der Waals surface area (Å²) >= 11 is 5.76. The van der Waals surface area contributed by atoms with Crippen LogP contribution in [0.15, 0.2) is 53.6 Å². The van der Waals surface area contributed by atoms with Crippen LogP contribution in [0.25, 0.3) is 0 Å². The van der Waals surface area contributed by atoms with Gasteiger partial charge in [-0.15, -0.1) is 0 Å². The normalized spacial score (nSPS) is 10.6. The van der Waals surface area contributed by atoms with Crippen molar-refractivity contribution in [1.29, 1.82) is 0 Å². The van der Waals surface area contributed by atoms with Crippen LogP contribution in [0.4, 0.5) is 5.69 Å². The Hall–Kier alpha value is -2.33. The van der Waals surface area contributed by atoms with E-state index in [1.165, 1.54) is 0 Å². The summed E-state index contributed by atoms with van der Waals surface area (Å²) in [6.07, 6.45) is 1.55. The summed E-state index contributed by atoms with van der Waals surface area (Å²) in [7, 11) is 0. The Balaban J connectivity index is 1.96. The average Bonchev–Trinajstić information content (AvgIpc) is 2.41. The lowest BCUT2D eigenvalue weighted by atomic mass is 10.2. The molecule has 19 heavy (non-hydrogen) atoms. The van der Waals surface area contributed by atoms with Crippen molar-refractivity contribution in [3.63, 3.8) is 0 Å². The first-order valence-corrected chi connectivity index (χ1v) is 5.97. The van der Waals surface area contributed by atoms with Crippen LogP contribution in [0.2, 0.25) is 5.02 Å². The van der Waals surface area contributed by atoms with Crippen LogP contribution < -0.4 is 11.2 Å². The van der Waals surface area contributed by atoms with Gasteiger partial charge in [-0.1, -0.05) is 23.7 Å². The molecule has 96 valence electrons. The Morgan fingerprint density at radius 1 is 1.11 bits per heavy atom. The van der Waals surface area contributed by atoms with Crippen molar-refractivity contribution >= 4 is 29.4 Å². The number of hydrogen-bond acceptors (Lipinski definition) is 3. The van der Waals surface area contributed by atoms with Gasteiger partial charge in [0, 0.05) is 16.3 Å². The van der Waals surface area contributed by atoms with Gasteiger partial charge >= 0.3 is 0 Å². The Labute approximate surface area is 115 Å². The van der Waals surface area contributed by atoms with E-state index in [-0.39, 0.29) is 5.91 Å². The molecule has 0 unspecified atom stereocenters. The van der Waals surface area contributed by atoms with Crippen LogP contribution in [-0.2, 0) is 0 Å². The number of nitrogens with one attached hydrogen (secondary N) is 1. The van der Waals surface area contributed by atoms with Gasteiger partial charge in [-0.3, -0.25) is 4.79 Å². The molecular formula is C14H12ClN3O. The van der Waals surface area contributed by atoms with Crippen molar-refractivity contribution in [2.75, 3.05) is 5.73 Å². The van der Waals surface area contributed by atoms with Crippen LogP contribution in [0.5, 0.6) is 0 Å². The summed E-state index contributed by atoms with van der Waals surface area (Å²) in [4.78, 5) is 11.7. The van der Waals surface area contributed by atoms with E-state index in [0.29, 0.717) is 16.3 Å². The van der Waals surface area contributed by atoms with E-state index < -0.39 is 0 Å². The third kappa shape index (κ3) is 3.82. The van der Waals surface area contributed by atoms with Gasteiger partial charge in [-0.25, -0.2) is 5.43 Å². The highest BCUT2D eigenvalue weighted by atomic mass is 35.5. The lowest BCUT2D eigenvalue weighted by molar-refractivity contribution is 0.0955. The number of carbonyl (C=O) groups excluding carboxylic acids is 1. The molecule has 0 saturated heterocycles. The lowest BCUT2D eigenvalue weighted by Gasteiger charge is -2.00. The summed E-state index contributed by atoms with van der Waals surface area (Å²) in [5, 5.41) is 4.53. The second-order valence-electron chi connectivity index (χ2n) is 3.87. The van der Waals surface area contributed by atoms with Gasteiger partial charge in [-0.05, 0) is 42.0 Å². The van der Waals surface area contributed by atoms with Crippen molar-refractivity contribution in [1.82, 2.24) is 5.43 Å². The quantitative estimate of drug-likeness (QED) is 0.513. The predicted octanol–water partition coefficient (Wildman–Crippen LogP) is 2.69. The Bertz CT molecular complexity index is 591. The van der Waals surface area contributed by atoms with Crippen LogP contribution >= 0.6 is 11.6 Å². The first-order valence-electron chi connectivity index (χ1n) is 5.59.